The van der Waals surface area contributed by atoms with Crippen molar-refractivity contribution < 1.29 is 9.53 Å². The van der Waals surface area contributed by atoms with Crippen molar-refractivity contribution in [2.45, 2.75) is 20.4 Å². The summed E-state index contributed by atoms with van der Waals surface area (Å²) in [7, 11) is 0. The predicted molar refractivity (Wildman–Crippen MR) is 120 cm³/mol. The van der Waals surface area contributed by atoms with Crippen molar-refractivity contribution in [3.8, 4) is 5.75 Å². The van der Waals surface area contributed by atoms with E-state index in [1.807, 2.05) is 68.4 Å². The van der Waals surface area contributed by atoms with Crippen molar-refractivity contribution in [1.82, 2.24) is 0 Å². The van der Waals surface area contributed by atoms with Crippen molar-refractivity contribution in [2.75, 3.05) is 17.2 Å². The monoisotopic (exact) mass is 428 g/mol. The van der Waals surface area contributed by atoms with Crippen LogP contribution in [0.3, 0.4) is 0 Å². The number of benzene rings is 3. The lowest BCUT2D eigenvalue weighted by Gasteiger charge is -2.12. The van der Waals surface area contributed by atoms with Gasteiger partial charge >= 0.3 is 0 Å². The van der Waals surface area contributed by atoms with Gasteiger partial charge in [-0.3, -0.25) is 4.79 Å². The molecule has 0 saturated heterocycles. The third-order valence-corrected chi connectivity index (χ3v) is 4.91. The summed E-state index contributed by atoms with van der Waals surface area (Å²) in [4.78, 5) is 12.2. The predicted octanol–water partition coefficient (Wildman–Crippen LogP) is 6.24. The van der Waals surface area contributed by atoms with Gasteiger partial charge in [0.15, 0.2) is 6.61 Å². The number of nitrogens with one attached hydrogen (secondary N) is 2. The normalized spacial score (nSPS) is 10.5. The van der Waals surface area contributed by atoms with Crippen LogP contribution in [0.5, 0.6) is 5.75 Å². The summed E-state index contributed by atoms with van der Waals surface area (Å²) < 4.78 is 5.59. The van der Waals surface area contributed by atoms with Crippen LogP contribution < -0.4 is 15.4 Å². The maximum absolute atomic E-state index is 12.2. The van der Waals surface area contributed by atoms with Crippen LogP contribution >= 0.6 is 23.2 Å². The van der Waals surface area contributed by atoms with Gasteiger partial charge in [0.2, 0.25) is 0 Å². The molecule has 150 valence electrons. The van der Waals surface area contributed by atoms with Gasteiger partial charge in [0, 0.05) is 22.9 Å². The highest BCUT2D eigenvalue weighted by molar-refractivity contribution is 6.32. The van der Waals surface area contributed by atoms with Crippen molar-refractivity contribution in [2.24, 2.45) is 0 Å². The van der Waals surface area contributed by atoms with E-state index < -0.39 is 0 Å². The number of halogens is 2. The minimum Gasteiger partial charge on any atom is -0.482 e. The zero-order valence-corrected chi connectivity index (χ0v) is 17.8. The van der Waals surface area contributed by atoms with E-state index in [-0.39, 0.29) is 12.5 Å². The maximum atomic E-state index is 12.2. The molecule has 0 atom stereocenters. The Bertz CT molecular complexity index is 1000. The molecular weight excluding hydrogens is 407 g/mol. The second-order valence-corrected chi connectivity index (χ2v) is 7.62. The molecule has 29 heavy (non-hydrogen) atoms. The van der Waals surface area contributed by atoms with E-state index in [0.29, 0.717) is 22.3 Å². The van der Waals surface area contributed by atoms with Gasteiger partial charge < -0.3 is 15.4 Å². The number of hydrogen-bond acceptors (Lipinski definition) is 3. The fraction of sp³-hybridized carbons (Fsp3) is 0.174. The molecule has 0 bridgehead atoms. The first kappa shape index (κ1) is 21.0. The molecule has 4 nitrogen and oxygen atoms in total. The summed E-state index contributed by atoms with van der Waals surface area (Å²) in [6, 6.07) is 18.9. The Hall–Kier alpha value is -2.69. The van der Waals surface area contributed by atoms with Crippen molar-refractivity contribution in [3.63, 3.8) is 0 Å². The van der Waals surface area contributed by atoms with Crippen LogP contribution in [-0.4, -0.2) is 12.5 Å². The number of anilines is 2. The Labute approximate surface area is 180 Å². The Morgan fingerprint density at radius 1 is 0.966 bits per heavy atom. The summed E-state index contributed by atoms with van der Waals surface area (Å²) >= 11 is 12.2. The standard InChI is InChI=1S/C23H22Cl2N2O2/c1-15-3-4-16(2)21(11-15)27-23(28)14-29-22-10-5-17(12-20(22)25)13-26-19-8-6-18(24)7-9-19/h3-12,26H,13-14H2,1-2H3,(H,27,28). The molecule has 0 saturated carbocycles. The van der Waals surface area contributed by atoms with E-state index >= 15 is 0 Å². The Morgan fingerprint density at radius 2 is 1.72 bits per heavy atom. The molecule has 0 aromatic heterocycles. The summed E-state index contributed by atoms with van der Waals surface area (Å²) in [5, 5.41) is 7.32. The van der Waals surface area contributed by atoms with Crippen molar-refractivity contribution in [1.29, 1.82) is 0 Å². The van der Waals surface area contributed by atoms with Gasteiger partial charge in [-0.25, -0.2) is 0 Å². The van der Waals surface area contributed by atoms with Gasteiger partial charge in [-0.1, -0.05) is 41.4 Å². The molecule has 3 rings (SSSR count). The molecular formula is C23H22Cl2N2O2. The van der Waals surface area contributed by atoms with Crippen molar-refractivity contribution >= 4 is 40.5 Å². The van der Waals surface area contributed by atoms with Crippen LogP contribution in [0.2, 0.25) is 10.0 Å². The first-order valence-electron chi connectivity index (χ1n) is 9.18. The van der Waals surface area contributed by atoms with Crippen LogP contribution in [-0.2, 0) is 11.3 Å². The first-order chi connectivity index (χ1) is 13.9. The molecule has 0 spiro atoms. The van der Waals surface area contributed by atoms with Gasteiger partial charge in [-0.2, -0.15) is 0 Å². The molecule has 3 aromatic carbocycles. The van der Waals surface area contributed by atoms with E-state index in [1.165, 1.54) is 0 Å². The summed E-state index contributed by atoms with van der Waals surface area (Å²) in [6.07, 6.45) is 0. The van der Waals surface area contributed by atoms with E-state index in [0.717, 1.165) is 28.1 Å². The smallest absolute Gasteiger partial charge is 0.262 e. The average Bonchev–Trinajstić information content (AvgIpc) is 2.69. The first-order valence-corrected chi connectivity index (χ1v) is 9.94. The second kappa shape index (κ2) is 9.68. The quantitative estimate of drug-likeness (QED) is 0.468. The molecule has 6 heteroatoms. The number of ether oxygens (including phenoxy) is 1. The number of rotatable bonds is 7. The molecule has 0 fully saturated rings. The minimum absolute atomic E-state index is 0.116. The third-order valence-electron chi connectivity index (χ3n) is 4.36. The van der Waals surface area contributed by atoms with Crippen LogP contribution in [0.4, 0.5) is 11.4 Å². The van der Waals surface area contributed by atoms with Gasteiger partial charge in [-0.05, 0) is 73.0 Å². The molecule has 0 radical (unpaired) electrons. The molecule has 1 amide bonds. The molecule has 0 unspecified atom stereocenters. The summed E-state index contributed by atoms with van der Waals surface area (Å²) in [5.74, 6) is 0.237. The Morgan fingerprint density at radius 3 is 2.45 bits per heavy atom. The largest absolute Gasteiger partial charge is 0.482 e. The highest BCUT2D eigenvalue weighted by Crippen LogP contribution is 2.26. The minimum atomic E-state index is -0.233. The zero-order valence-electron chi connectivity index (χ0n) is 16.3. The lowest BCUT2D eigenvalue weighted by atomic mass is 10.1. The lowest BCUT2D eigenvalue weighted by Crippen LogP contribution is -2.20. The van der Waals surface area contributed by atoms with Gasteiger partial charge in [0.25, 0.3) is 5.91 Å². The average molecular weight is 429 g/mol. The van der Waals surface area contributed by atoms with Crippen LogP contribution in [0, 0.1) is 13.8 Å². The Kier molecular flexibility index (Phi) is 7.02. The van der Waals surface area contributed by atoms with E-state index in [1.54, 1.807) is 6.07 Å². The third kappa shape index (κ3) is 6.14. The highest BCUT2D eigenvalue weighted by Gasteiger charge is 2.09. The number of carbonyl (C=O) groups excluding carboxylic acids is 1. The lowest BCUT2D eigenvalue weighted by molar-refractivity contribution is -0.118. The number of carbonyl (C=O) groups is 1. The SMILES string of the molecule is Cc1ccc(C)c(NC(=O)COc2ccc(CNc3ccc(Cl)cc3)cc2Cl)c1. The number of amides is 1. The number of hydrogen-bond donors (Lipinski definition) is 2. The fourth-order valence-corrected chi connectivity index (χ4v) is 3.13. The summed E-state index contributed by atoms with van der Waals surface area (Å²) in [6.45, 7) is 4.42. The van der Waals surface area contributed by atoms with Crippen LogP contribution in [0.25, 0.3) is 0 Å². The fourth-order valence-electron chi connectivity index (χ4n) is 2.74. The number of aryl methyl sites for hydroxylation is 2. The van der Waals surface area contributed by atoms with Crippen LogP contribution in [0.15, 0.2) is 60.7 Å². The Balaban J connectivity index is 1.54. The van der Waals surface area contributed by atoms with Crippen molar-refractivity contribution in [3.05, 3.63) is 87.4 Å². The molecule has 0 heterocycles. The molecule has 0 aliphatic heterocycles. The van der Waals surface area contributed by atoms with E-state index in [9.17, 15) is 4.79 Å². The molecule has 2 N–H and O–H groups in total. The highest BCUT2D eigenvalue weighted by atomic mass is 35.5. The maximum Gasteiger partial charge on any atom is 0.262 e. The van der Waals surface area contributed by atoms with E-state index in [4.69, 9.17) is 27.9 Å². The van der Waals surface area contributed by atoms with Gasteiger partial charge in [-0.15, -0.1) is 0 Å². The molecule has 0 aliphatic rings. The van der Waals surface area contributed by atoms with E-state index in [2.05, 4.69) is 10.6 Å². The zero-order chi connectivity index (χ0) is 20.8. The molecule has 0 aliphatic carbocycles. The van der Waals surface area contributed by atoms with Crippen LogP contribution in [0.1, 0.15) is 16.7 Å². The van der Waals surface area contributed by atoms with Gasteiger partial charge in [0.1, 0.15) is 5.75 Å². The topological polar surface area (TPSA) is 50.4 Å². The summed E-state index contributed by atoms with van der Waals surface area (Å²) in [5.41, 5.74) is 4.83. The van der Waals surface area contributed by atoms with Gasteiger partial charge in [0.05, 0.1) is 5.02 Å². The molecule has 3 aromatic rings. The second-order valence-electron chi connectivity index (χ2n) is 6.78.